The predicted octanol–water partition coefficient (Wildman–Crippen LogP) is 2.71. The van der Waals surface area contributed by atoms with E-state index in [-0.39, 0.29) is 6.04 Å². The molecule has 1 aromatic carbocycles. The molecule has 1 atom stereocenters. The van der Waals surface area contributed by atoms with E-state index < -0.39 is 0 Å². The first-order valence-corrected chi connectivity index (χ1v) is 5.54. The number of hydrogen-bond donors (Lipinski definition) is 1. The third-order valence-corrected chi connectivity index (χ3v) is 2.47. The fourth-order valence-electron chi connectivity index (χ4n) is 1.49. The quantitative estimate of drug-likeness (QED) is 0.352. The van der Waals surface area contributed by atoms with Crippen LogP contribution in [-0.2, 0) is 6.42 Å². The van der Waals surface area contributed by atoms with Crippen LogP contribution in [0.5, 0.6) is 0 Å². The molecule has 0 saturated carbocycles. The predicted molar refractivity (Wildman–Crippen MR) is 66.2 cm³/mol. The summed E-state index contributed by atoms with van der Waals surface area (Å²) >= 11 is 0. The molecule has 0 spiro atoms. The van der Waals surface area contributed by atoms with Crippen LogP contribution < -0.4 is 5.32 Å². The van der Waals surface area contributed by atoms with Crippen molar-refractivity contribution in [1.29, 1.82) is 5.26 Å². The van der Waals surface area contributed by atoms with Gasteiger partial charge >= 0.3 is 0 Å². The van der Waals surface area contributed by atoms with Crippen molar-refractivity contribution in [1.82, 2.24) is 5.32 Å². The van der Waals surface area contributed by atoms with E-state index in [2.05, 4.69) is 28.3 Å². The van der Waals surface area contributed by atoms with Gasteiger partial charge in [-0.05, 0) is 23.1 Å². The summed E-state index contributed by atoms with van der Waals surface area (Å²) in [4.78, 5) is 2.66. The zero-order valence-electron chi connectivity index (χ0n) is 9.80. The van der Waals surface area contributed by atoms with Gasteiger partial charge in [-0.3, -0.25) is 5.32 Å². The number of nitrogens with one attached hydrogen (secondary N) is 1. The van der Waals surface area contributed by atoms with Crippen molar-refractivity contribution in [2.45, 2.75) is 19.4 Å². The molecule has 5 nitrogen and oxygen atoms in total. The fourth-order valence-corrected chi connectivity index (χ4v) is 1.49. The number of benzene rings is 1. The maximum absolute atomic E-state index is 9.05. The van der Waals surface area contributed by atoms with Gasteiger partial charge in [0.2, 0.25) is 0 Å². The summed E-state index contributed by atoms with van der Waals surface area (Å²) in [6.45, 7) is 2.94. The molecule has 0 aromatic heterocycles. The van der Waals surface area contributed by atoms with E-state index in [9.17, 15) is 0 Å². The third kappa shape index (κ3) is 4.15. The molecule has 88 valence electrons. The second-order valence-corrected chi connectivity index (χ2v) is 3.57. The molecule has 0 heterocycles. The van der Waals surface area contributed by atoms with Gasteiger partial charge in [-0.25, -0.2) is 0 Å². The molecule has 0 saturated heterocycles. The lowest BCUT2D eigenvalue weighted by molar-refractivity contribution is 0.635. The topological polar surface area (TPSA) is 84.6 Å². The third-order valence-electron chi connectivity index (χ3n) is 2.47. The van der Waals surface area contributed by atoms with E-state index >= 15 is 0 Å². The lowest BCUT2D eigenvalue weighted by atomic mass is 10.0. The summed E-state index contributed by atoms with van der Waals surface area (Å²) in [5.41, 5.74) is 10.3. The first kappa shape index (κ1) is 13.0. The maximum atomic E-state index is 9.05. The highest BCUT2D eigenvalue weighted by Crippen LogP contribution is 2.13. The number of rotatable bonds is 6. The van der Waals surface area contributed by atoms with Crippen LogP contribution in [0.3, 0.4) is 0 Å². The Morgan fingerprint density at radius 3 is 2.71 bits per heavy atom. The van der Waals surface area contributed by atoms with Crippen molar-refractivity contribution >= 4 is 0 Å². The molecule has 0 aliphatic carbocycles. The first-order valence-electron chi connectivity index (χ1n) is 5.54. The second-order valence-electron chi connectivity index (χ2n) is 3.57. The highest BCUT2D eigenvalue weighted by atomic mass is 15.1. The SMILES string of the molecule is CCc1ccc(C(C#N)NCCN=[N+]=[N-])cc1. The Labute approximate surface area is 101 Å². The fraction of sp³-hybridized carbons (Fsp3) is 0.417. The monoisotopic (exact) mass is 229 g/mol. The van der Waals surface area contributed by atoms with Crippen molar-refractivity contribution < 1.29 is 0 Å². The van der Waals surface area contributed by atoms with Crippen molar-refractivity contribution in [3.8, 4) is 6.07 Å². The van der Waals surface area contributed by atoms with Gasteiger partial charge in [0, 0.05) is 18.0 Å². The average molecular weight is 229 g/mol. The highest BCUT2D eigenvalue weighted by Gasteiger charge is 2.08. The minimum atomic E-state index is -0.352. The molecule has 1 unspecified atom stereocenters. The molecule has 5 heteroatoms. The Hall–Kier alpha value is -2.02. The van der Waals surface area contributed by atoms with Gasteiger partial charge in [0.15, 0.2) is 0 Å². The zero-order valence-corrected chi connectivity index (χ0v) is 9.80. The van der Waals surface area contributed by atoms with Crippen LogP contribution in [0, 0.1) is 11.3 Å². The molecule has 0 fully saturated rings. The summed E-state index contributed by atoms with van der Waals surface area (Å²) < 4.78 is 0. The Kier molecular flexibility index (Phi) is 5.59. The van der Waals surface area contributed by atoms with E-state index in [1.165, 1.54) is 5.56 Å². The summed E-state index contributed by atoms with van der Waals surface area (Å²) in [6.07, 6.45) is 0.988. The Morgan fingerprint density at radius 2 is 2.18 bits per heavy atom. The van der Waals surface area contributed by atoms with Crippen molar-refractivity contribution in [3.05, 3.63) is 45.8 Å². The lowest BCUT2D eigenvalue weighted by Crippen LogP contribution is -2.22. The molecule has 1 rings (SSSR count). The zero-order chi connectivity index (χ0) is 12.5. The Morgan fingerprint density at radius 1 is 1.47 bits per heavy atom. The van der Waals surface area contributed by atoms with E-state index in [0.29, 0.717) is 13.1 Å². The summed E-state index contributed by atoms with van der Waals surface area (Å²) in [5, 5.41) is 15.5. The molecule has 17 heavy (non-hydrogen) atoms. The number of nitrogens with zero attached hydrogens (tertiary/aromatic N) is 4. The molecule has 0 radical (unpaired) electrons. The maximum Gasteiger partial charge on any atom is 0.121 e. The largest absolute Gasteiger partial charge is 0.298 e. The number of aryl methyl sites for hydroxylation is 1. The minimum Gasteiger partial charge on any atom is -0.298 e. The van der Waals surface area contributed by atoms with Crippen LogP contribution in [0.25, 0.3) is 10.4 Å². The van der Waals surface area contributed by atoms with Crippen LogP contribution >= 0.6 is 0 Å². The average Bonchev–Trinajstić information content (AvgIpc) is 2.39. The minimum absolute atomic E-state index is 0.349. The summed E-state index contributed by atoms with van der Waals surface area (Å²) in [5.74, 6) is 0. The van der Waals surface area contributed by atoms with Crippen LogP contribution in [0.15, 0.2) is 29.4 Å². The highest BCUT2D eigenvalue weighted by molar-refractivity contribution is 5.28. The van der Waals surface area contributed by atoms with Gasteiger partial charge in [-0.15, -0.1) is 0 Å². The second kappa shape index (κ2) is 7.29. The number of hydrogen-bond acceptors (Lipinski definition) is 3. The van der Waals surface area contributed by atoms with Crippen molar-refractivity contribution in [2.24, 2.45) is 5.11 Å². The van der Waals surface area contributed by atoms with Crippen LogP contribution in [0.2, 0.25) is 0 Å². The van der Waals surface area contributed by atoms with Crippen molar-refractivity contribution in [2.75, 3.05) is 13.1 Å². The van der Waals surface area contributed by atoms with Crippen LogP contribution in [-0.4, -0.2) is 13.1 Å². The Bertz CT molecular complexity index is 425. The lowest BCUT2D eigenvalue weighted by Gasteiger charge is -2.11. The van der Waals surface area contributed by atoms with E-state index in [0.717, 1.165) is 12.0 Å². The first-order chi connectivity index (χ1) is 8.31. The van der Waals surface area contributed by atoms with E-state index in [1.807, 2.05) is 24.3 Å². The van der Waals surface area contributed by atoms with Gasteiger partial charge < -0.3 is 0 Å². The number of nitriles is 1. The number of azide groups is 1. The normalized spacial score (nSPS) is 11.3. The molecule has 0 aliphatic rings. The standard InChI is InChI=1S/C12H15N5/c1-2-10-3-5-11(6-4-10)12(9-13)15-7-8-16-17-14/h3-6,12,15H,2,7-8H2,1H3. The van der Waals surface area contributed by atoms with Crippen LogP contribution in [0.1, 0.15) is 24.1 Å². The van der Waals surface area contributed by atoms with E-state index in [4.69, 9.17) is 10.8 Å². The molecule has 1 N–H and O–H groups in total. The van der Waals surface area contributed by atoms with Gasteiger partial charge in [0.1, 0.15) is 6.04 Å². The van der Waals surface area contributed by atoms with Gasteiger partial charge in [-0.1, -0.05) is 36.3 Å². The van der Waals surface area contributed by atoms with Crippen molar-refractivity contribution in [3.63, 3.8) is 0 Å². The molecule has 0 bridgehead atoms. The molecule has 0 amide bonds. The van der Waals surface area contributed by atoms with E-state index in [1.54, 1.807) is 0 Å². The molecule has 1 aromatic rings. The van der Waals surface area contributed by atoms with Gasteiger partial charge in [-0.2, -0.15) is 5.26 Å². The van der Waals surface area contributed by atoms with Gasteiger partial charge in [0.25, 0.3) is 0 Å². The van der Waals surface area contributed by atoms with Crippen LogP contribution in [0.4, 0.5) is 0 Å². The smallest absolute Gasteiger partial charge is 0.121 e. The summed E-state index contributed by atoms with van der Waals surface area (Å²) in [7, 11) is 0. The molecule has 0 aliphatic heterocycles. The molecular formula is C12H15N5. The summed E-state index contributed by atoms with van der Waals surface area (Å²) in [6, 6.07) is 9.78. The molecular weight excluding hydrogens is 214 g/mol. The van der Waals surface area contributed by atoms with Gasteiger partial charge in [0.05, 0.1) is 6.07 Å². The Balaban J connectivity index is 2.60.